The van der Waals surface area contributed by atoms with E-state index in [-0.39, 0.29) is 17.2 Å². The molecule has 1 atom stereocenters. The first-order valence-electron chi connectivity index (χ1n) is 6.25. The second-order valence-electron chi connectivity index (χ2n) is 4.23. The molecule has 8 heteroatoms. The number of nitro groups is 1. The van der Waals surface area contributed by atoms with Gasteiger partial charge in [0.05, 0.1) is 4.92 Å². The lowest BCUT2D eigenvalue weighted by molar-refractivity contribution is -0.384. The summed E-state index contributed by atoms with van der Waals surface area (Å²) in [6.07, 6.45) is 2.39. The Morgan fingerprint density at radius 1 is 1.43 bits per heavy atom. The Bertz CT molecular complexity index is 536. The maximum atomic E-state index is 12.1. The van der Waals surface area contributed by atoms with Crippen molar-refractivity contribution in [2.24, 2.45) is 0 Å². The number of amides is 2. The average Bonchev–Trinajstić information content (AvgIpc) is 2.50. The molecule has 0 aliphatic carbocycles. The molecule has 2 amide bonds. The Kier molecular flexibility index (Phi) is 6.67. The number of hydrogen-bond donors (Lipinski definition) is 2. The van der Waals surface area contributed by atoms with Crippen molar-refractivity contribution in [1.29, 1.82) is 0 Å². The van der Waals surface area contributed by atoms with Gasteiger partial charge in [0.1, 0.15) is 6.04 Å². The van der Waals surface area contributed by atoms with Crippen LogP contribution in [0.5, 0.6) is 0 Å². The number of carbonyl (C=O) groups is 2. The minimum atomic E-state index is -0.658. The first kappa shape index (κ1) is 17.0. The van der Waals surface area contributed by atoms with Gasteiger partial charge in [-0.2, -0.15) is 11.8 Å². The van der Waals surface area contributed by atoms with Crippen molar-refractivity contribution in [2.75, 3.05) is 19.1 Å². The van der Waals surface area contributed by atoms with Crippen LogP contribution in [0.1, 0.15) is 16.8 Å². The zero-order valence-electron chi connectivity index (χ0n) is 11.8. The number of benzene rings is 1. The SMILES string of the molecule is CNC(=O)C(CCSC)NC(=O)c1cccc([N+](=O)[O-])c1. The summed E-state index contributed by atoms with van der Waals surface area (Å²) in [6.45, 7) is 0. The van der Waals surface area contributed by atoms with Crippen molar-refractivity contribution in [2.45, 2.75) is 12.5 Å². The number of likely N-dealkylation sites (N-methyl/N-ethyl adjacent to an activating group) is 1. The van der Waals surface area contributed by atoms with E-state index >= 15 is 0 Å². The molecule has 0 aliphatic rings. The Hall–Kier alpha value is -2.09. The molecule has 1 aromatic rings. The predicted molar refractivity (Wildman–Crippen MR) is 81.4 cm³/mol. The average molecular weight is 311 g/mol. The van der Waals surface area contributed by atoms with E-state index in [1.54, 1.807) is 11.8 Å². The molecule has 21 heavy (non-hydrogen) atoms. The van der Waals surface area contributed by atoms with Crippen LogP contribution in [0, 0.1) is 10.1 Å². The first-order valence-corrected chi connectivity index (χ1v) is 7.64. The second kappa shape index (κ2) is 8.25. The number of carbonyl (C=O) groups excluding carboxylic acids is 2. The van der Waals surface area contributed by atoms with Crippen molar-refractivity contribution in [3.63, 3.8) is 0 Å². The Morgan fingerprint density at radius 3 is 2.71 bits per heavy atom. The van der Waals surface area contributed by atoms with Crippen LogP contribution in [0.25, 0.3) is 0 Å². The summed E-state index contributed by atoms with van der Waals surface area (Å²) in [7, 11) is 1.49. The number of thioether (sulfide) groups is 1. The molecule has 0 heterocycles. The third-order valence-electron chi connectivity index (χ3n) is 2.80. The summed E-state index contributed by atoms with van der Waals surface area (Å²) in [5.74, 6) is -0.0796. The van der Waals surface area contributed by atoms with Crippen molar-refractivity contribution < 1.29 is 14.5 Å². The van der Waals surface area contributed by atoms with Gasteiger partial charge in [-0.1, -0.05) is 6.07 Å². The van der Waals surface area contributed by atoms with Gasteiger partial charge in [-0.25, -0.2) is 0 Å². The minimum absolute atomic E-state index is 0.155. The largest absolute Gasteiger partial charge is 0.357 e. The third-order valence-corrected chi connectivity index (χ3v) is 3.44. The number of nitrogens with zero attached hydrogens (tertiary/aromatic N) is 1. The van der Waals surface area contributed by atoms with Gasteiger partial charge in [-0.15, -0.1) is 0 Å². The van der Waals surface area contributed by atoms with E-state index in [9.17, 15) is 19.7 Å². The van der Waals surface area contributed by atoms with Gasteiger partial charge >= 0.3 is 0 Å². The van der Waals surface area contributed by atoms with E-state index < -0.39 is 16.9 Å². The smallest absolute Gasteiger partial charge is 0.270 e. The fourth-order valence-electron chi connectivity index (χ4n) is 1.68. The van der Waals surface area contributed by atoms with Gasteiger partial charge in [-0.3, -0.25) is 19.7 Å². The lowest BCUT2D eigenvalue weighted by atomic mass is 10.1. The van der Waals surface area contributed by atoms with Crippen LogP contribution in [0.3, 0.4) is 0 Å². The summed E-state index contributed by atoms with van der Waals surface area (Å²) >= 11 is 1.57. The Morgan fingerprint density at radius 2 is 2.14 bits per heavy atom. The molecule has 0 aliphatic heterocycles. The summed E-state index contributed by atoms with van der Waals surface area (Å²) in [5, 5.41) is 15.8. The van der Waals surface area contributed by atoms with Crippen LogP contribution in [0.4, 0.5) is 5.69 Å². The molecule has 0 bridgehead atoms. The fourth-order valence-corrected chi connectivity index (χ4v) is 2.15. The van der Waals surface area contributed by atoms with Crippen molar-refractivity contribution in [3.8, 4) is 0 Å². The van der Waals surface area contributed by atoms with Crippen LogP contribution in [0.15, 0.2) is 24.3 Å². The van der Waals surface area contributed by atoms with E-state index in [0.717, 1.165) is 0 Å². The highest BCUT2D eigenvalue weighted by molar-refractivity contribution is 7.98. The van der Waals surface area contributed by atoms with E-state index in [1.165, 1.54) is 31.3 Å². The van der Waals surface area contributed by atoms with E-state index in [1.807, 2.05) is 6.26 Å². The fraction of sp³-hybridized carbons (Fsp3) is 0.385. The monoisotopic (exact) mass is 311 g/mol. The maximum absolute atomic E-state index is 12.1. The van der Waals surface area contributed by atoms with Gasteiger partial charge < -0.3 is 10.6 Å². The molecular weight excluding hydrogens is 294 g/mol. The Balaban J connectivity index is 2.83. The van der Waals surface area contributed by atoms with Gasteiger partial charge in [0, 0.05) is 24.7 Å². The molecule has 0 aromatic heterocycles. The van der Waals surface area contributed by atoms with Gasteiger partial charge in [-0.05, 0) is 24.5 Å². The highest BCUT2D eigenvalue weighted by Crippen LogP contribution is 2.13. The summed E-state index contributed by atoms with van der Waals surface area (Å²) in [5.41, 5.74) is -0.00879. The van der Waals surface area contributed by atoms with Crippen LogP contribution >= 0.6 is 11.8 Å². The highest BCUT2D eigenvalue weighted by atomic mass is 32.2. The minimum Gasteiger partial charge on any atom is -0.357 e. The molecule has 2 N–H and O–H groups in total. The lowest BCUT2D eigenvalue weighted by Gasteiger charge is -2.16. The molecular formula is C13H17N3O4S. The number of rotatable bonds is 7. The highest BCUT2D eigenvalue weighted by Gasteiger charge is 2.20. The topological polar surface area (TPSA) is 101 Å². The quantitative estimate of drug-likeness (QED) is 0.582. The molecule has 114 valence electrons. The molecule has 0 saturated carbocycles. The third kappa shape index (κ3) is 5.07. The maximum Gasteiger partial charge on any atom is 0.270 e. The van der Waals surface area contributed by atoms with Crippen molar-refractivity contribution >= 4 is 29.3 Å². The van der Waals surface area contributed by atoms with Crippen molar-refractivity contribution in [3.05, 3.63) is 39.9 Å². The predicted octanol–water partition coefficient (Wildman–Crippen LogP) is 1.19. The van der Waals surface area contributed by atoms with E-state index in [2.05, 4.69) is 10.6 Å². The number of nitro benzene ring substituents is 1. The zero-order valence-corrected chi connectivity index (χ0v) is 12.6. The number of hydrogen-bond acceptors (Lipinski definition) is 5. The zero-order chi connectivity index (χ0) is 15.8. The van der Waals surface area contributed by atoms with E-state index in [4.69, 9.17) is 0 Å². The molecule has 1 unspecified atom stereocenters. The molecule has 0 saturated heterocycles. The molecule has 1 rings (SSSR count). The molecule has 7 nitrogen and oxygen atoms in total. The lowest BCUT2D eigenvalue weighted by Crippen LogP contribution is -2.46. The van der Waals surface area contributed by atoms with Crippen LogP contribution in [0.2, 0.25) is 0 Å². The molecule has 0 radical (unpaired) electrons. The summed E-state index contributed by atoms with van der Waals surface area (Å²) < 4.78 is 0. The number of nitrogens with one attached hydrogen (secondary N) is 2. The standard InChI is InChI=1S/C13H17N3O4S/c1-14-13(18)11(6-7-21-2)15-12(17)9-4-3-5-10(8-9)16(19)20/h3-5,8,11H,6-7H2,1-2H3,(H,14,18)(H,15,17). The van der Waals surface area contributed by atoms with Crippen LogP contribution in [-0.4, -0.2) is 41.8 Å². The number of non-ortho nitro benzene ring substituents is 1. The van der Waals surface area contributed by atoms with Crippen LogP contribution < -0.4 is 10.6 Å². The Labute approximate surface area is 126 Å². The van der Waals surface area contributed by atoms with Gasteiger partial charge in [0.2, 0.25) is 5.91 Å². The molecule has 0 fully saturated rings. The van der Waals surface area contributed by atoms with Crippen molar-refractivity contribution in [1.82, 2.24) is 10.6 Å². The van der Waals surface area contributed by atoms with Gasteiger partial charge in [0.25, 0.3) is 11.6 Å². The van der Waals surface area contributed by atoms with Gasteiger partial charge in [0.15, 0.2) is 0 Å². The molecule has 0 spiro atoms. The van der Waals surface area contributed by atoms with E-state index in [0.29, 0.717) is 12.2 Å². The second-order valence-corrected chi connectivity index (χ2v) is 5.21. The summed E-state index contributed by atoms with van der Waals surface area (Å²) in [6, 6.07) is 4.74. The first-order chi connectivity index (χ1) is 9.99. The molecule has 1 aromatic carbocycles. The summed E-state index contributed by atoms with van der Waals surface area (Å²) in [4.78, 5) is 33.9. The van der Waals surface area contributed by atoms with Crippen LogP contribution in [-0.2, 0) is 4.79 Å². The normalized spacial score (nSPS) is 11.5.